The summed E-state index contributed by atoms with van der Waals surface area (Å²) in [6.07, 6.45) is 0.995. The number of rotatable bonds is 5. The van der Waals surface area contributed by atoms with Crippen molar-refractivity contribution in [2.45, 2.75) is 26.3 Å². The van der Waals surface area contributed by atoms with Gasteiger partial charge in [0.2, 0.25) is 0 Å². The Morgan fingerprint density at radius 1 is 1.32 bits per heavy atom. The number of nitrogens with one attached hydrogen (secondary N) is 1. The van der Waals surface area contributed by atoms with Gasteiger partial charge in [-0.1, -0.05) is 24.6 Å². The summed E-state index contributed by atoms with van der Waals surface area (Å²) < 4.78 is 18.8. The van der Waals surface area contributed by atoms with Crippen LogP contribution in [0.25, 0.3) is 0 Å². The summed E-state index contributed by atoms with van der Waals surface area (Å²) in [5.74, 6) is 1.30. The number of benzene rings is 1. The van der Waals surface area contributed by atoms with Crippen molar-refractivity contribution in [3.63, 3.8) is 0 Å². The quantitative estimate of drug-likeness (QED) is 0.875. The van der Waals surface area contributed by atoms with E-state index in [0.29, 0.717) is 5.02 Å². The van der Waals surface area contributed by atoms with Crippen molar-refractivity contribution in [1.82, 2.24) is 5.32 Å². The van der Waals surface area contributed by atoms with Crippen LogP contribution in [0.4, 0.5) is 4.39 Å². The predicted molar refractivity (Wildman–Crippen MR) is 75.0 cm³/mol. The maximum absolute atomic E-state index is 13.1. The number of hydrogen-bond donors (Lipinski definition) is 1. The number of halogens is 2. The summed E-state index contributed by atoms with van der Waals surface area (Å²) in [6, 6.07) is 8.12. The second-order valence-corrected chi connectivity index (χ2v) is 4.91. The van der Waals surface area contributed by atoms with Gasteiger partial charge in [-0.25, -0.2) is 4.39 Å². The largest absolute Gasteiger partial charge is 0.464 e. The fourth-order valence-corrected chi connectivity index (χ4v) is 2.27. The van der Waals surface area contributed by atoms with Crippen molar-refractivity contribution in [3.8, 4) is 0 Å². The second kappa shape index (κ2) is 6.22. The summed E-state index contributed by atoms with van der Waals surface area (Å²) in [7, 11) is 0. The Morgan fingerprint density at radius 3 is 2.68 bits per heavy atom. The Kier molecular flexibility index (Phi) is 4.61. The molecule has 4 heteroatoms. The molecule has 0 saturated heterocycles. The lowest BCUT2D eigenvalue weighted by molar-refractivity contribution is 0.430. The zero-order valence-electron chi connectivity index (χ0n) is 11.0. The monoisotopic (exact) mass is 281 g/mol. The average Bonchev–Trinajstić information content (AvgIpc) is 2.78. The average molecular weight is 282 g/mol. The van der Waals surface area contributed by atoms with E-state index in [1.54, 1.807) is 6.07 Å². The van der Waals surface area contributed by atoms with E-state index in [0.717, 1.165) is 30.0 Å². The van der Waals surface area contributed by atoms with Gasteiger partial charge < -0.3 is 9.73 Å². The van der Waals surface area contributed by atoms with Crippen LogP contribution >= 0.6 is 11.6 Å². The molecule has 0 bridgehead atoms. The lowest BCUT2D eigenvalue weighted by atomic mass is 10.0. The third-order valence-electron chi connectivity index (χ3n) is 2.92. The van der Waals surface area contributed by atoms with Gasteiger partial charge in [0.15, 0.2) is 0 Å². The molecule has 0 radical (unpaired) electrons. The lowest BCUT2D eigenvalue weighted by Gasteiger charge is -2.18. The summed E-state index contributed by atoms with van der Waals surface area (Å²) in [6.45, 7) is 4.81. The first kappa shape index (κ1) is 14.1. The molecule has 0 aliphatic rings. The van der Waals surface area contributed by atoms with Crippen LogP contribution in [0, 0.1) is 12.7 Å². The third kappa shape index (κ3) is 3.37. The van der Waals surface area contributed by atoms with Gasteiger partial charge >= 0.3 is 0 Å². The lowest BCUT2D eigenvalue weighted by Crippen LogP contribution is -2.23. The van der Waals surface area contributed by atoms with E-state index in [2.05, 4.69) is 12.2 Å². The molecule has 1 atom stereocenters. The molecule has 2 nitrogen and oxygen atoms in total. The first-order valence-electron chi connectivity index (χ1n) is 6.36. The molecule has 102 valence electrons. The van der Waals surface area contributed by atoms with Crippen LogP contribution < -0.4 is 5.32 Å². The van der Waals surface area contributed by atoms with Gasteiger partial charge in [0.25, 0.3) is 0 Å². The van der Waals surface area contributed by atoms with Crippen LogP contribution in [0.1, 0.15) is 36.5 Å². The Labute approximate surface area is 117 Å². The predicted octanol–water partition coefficient (Wildman–Crippen LogP) is 4.47. The fraction of sp³-hybridized carbons (Fsp3) is 0.333. The maximum Gasteiger partial charge on any atom is 0.125 e. The minimum absolute atomic E-state index is 0.151. The number of furan rings is 1. The zero-order valence-corrected chi connectivity index (χ0v) is 11.8. The van der Waals surface area contributed by atoms with Gasteiger partial charge in [-0.3, -0.25) is 0 Å². The smallest absolute Gasteiger partial charge is 0.125 e. The topological polar surface area (TPSA) is 25.2 Å². The summed E-state index contributed by atoms with van der Waals surface area (Å²) in [5.41, 5.74) is 0.825. The van der Waals surface area contributed by atoms with Crippen LogP contribution in [0.3, 0.4) is 0 Å². The van der Waals surface area contributed by atoms with Crippen molar-refractivity contribution >= 4 is 11.6 Å². The molecule has 1 aromatic carbocycles. The highest BCUT2D eigenvalue weighted by Crippen LogP contribution is 2.30. The Hall–Kier alpha value is -1.32. The molecule has 19 heavy (non-hydrogen) atoms. The molecule has 0 saturated carbocycles. The van der Waals surface area contributed by atoms with Crippen LogP contribution in [0.15, 0.2) is 34.7 Å². The standard InChI is InChI=1S/C15H17ClFNO/c1-3-8-18-15(14-7-4-10(2)19-14)12-6-5-11(17)9-13(12)16/h4-7,9,15,18H,3,8H2,1-2H3. The third-order valence-corrected chi connectivity index (χ3v) is 3.24. The number of hydrogen-bond acceptors (Lipinski definition) is 2. The second-order valence-electron chi connectivity index (χ2n) is 4.50. The van der Waals surface area contributed by atoms with Gasteiger partial charge in [-0.05, 0) is 49.7 Å². The van der Waals surface area contributed by atoms with Gasteiger partial charge in [-0.15, -0.1) is 0 Å². The molecule has 1 unspecified atom stereocenters. The highest BCUT2D eigenvalue weighted by Gasteiger charge is 2.19. The molecular weight excluding hydrogens is 265 g/mol. The molecule has 0 spiro atoms. The molecule has 1 N–H and O–H groups in total. The summed E-state index contributed by atoms with van der Waals surface area (Å²) in [4.78, 5) is 0. The normalized spacial score (nSPS) is 12.6. The molecular formula is C15H17ClFNO. The molecule has 2 aromatic rings. The van der Waals surface area contributed by atoms with E-state index in [4.69, 9.17) is 16.0 Å². The van der Waals surface area contributed by atoms with Gasteiger partial charge in [-0.2, -0.15) is 0 Å². The number of aryl methyl sites for hydroxylation is 1. The Bertz CT molecular complexity index is 553. The molecule has 0 fully saturated rings. The van der Waals surface area contributed by atoms with Crippen molar-refractivity contribution in [1.29, 1.82) is 0 Å². The summed E-state index contributed by atoms with van der Waals surface area (Å²) in [5, 5.41) is 3.78. The van der Waals surface area contributed by atoms with Gasteiger partial charge in [0.05, 0.1) is 6.04 Å². The highest BCUT2D eigenvalue weighted by atomic mass is 35.5. The minimum Gasteiger partial charge on any atom is -0.464 e. The van der Waals surface area contributed by atoms with Crippen LogP contribution in [-0.2, 0) is 0 Å². The molecule has 0 amide bonds. The van der Waals surface area contributed by atoms with Gasteiger partial charge in [0, 0.05) is 5.02 Å². The SMILES string of the molecule is CCCNC(c1ccc(C)o1)c1ccc(F)cc1Cl. The van der Waals surface area contributed by atoms with Crippen LogP contribution in [0.5, 0.6) is 0 Å². The van der Waals surface area contributed by atoms with E-state index < -0.39 is 0 Å². The maximum atomic E-state index is 13.1. The van der Waals surface area contributed by atoms with E-state index >= 15 is 0 Å². The molecule has 1 heterocycles. The highest BCUT2D eigenvalue weighted by molar-refractivity contribution is 6.31. The van der Waals surface area contributed by atoms with E-state index in [1.165, 1.54) is 12.1 Å². The van der Waals surface area contributed by atoms with Crippen molar-refractivity contribution in [2.75, 3.05) is 6.54 Å². The zero-order chi connectivity index (χ0) is 13.8. The van der Waals surface area contributed by atoms with Gasteiger partial charge in [0.1, 0.15) is 17.3 Å². The first-order valence-corrected chi connectivity index (χ1v) is 6.74. The van der Waals surface area contributed by atoms with Crippen molar-refractivity contribution in [2.24, 2.45) is 0 Å². The van der Waals surface area contributed by atoms with E-state index in [1.807, 2.05) is 19.1 Å². The van der Waals surface area contributed by atoms with Crippen molar-refractivity contribution in [3.05, 3.63) is 58.3 Å². The fourth-order valence-electron chi connectivity index (χ4n) is 2.00. The summed E-state index contributed by atoms with van der Waals surface area (Å²) >= 11 is 6.14. The molecule has 0 aliphatic carbocycles. The first-order chi connectivity index (χ1) is 9.11. The van der Waals surface area contributed by atoms with E-state index in [9.17, 15) is 4.39 Å². The Balaban J connectivity index is 2.36. The Morgan fingerprint density at radius 2 is 2.11 bits per heavy atom. The minimum atomic E-state index is -0.335. The van der Waals surface area contributed by atoms with Crippen molar-refractivity contribution < 1.29 is 8.81 Å². The molecule has 0 aliphatic heterocycles. The van der Waals surface area contributed by atoms with E-state index in [-0.39, 0.29) is 11.9 Å². The molecule has 2 rings (SSSR count). The van der Waals surface area contributed by atoms with Crippen LogP contribution in [-0.4, -0.2) is 6.54 Å². The molecule has 1 aromatic heterocycles. The van der Waals surface area contributed by atoms with Crippen LogP contribution in [0.2, 0.25) is 5.02 Å².